The number of rotatable bonds is 7. The second kappa shape index (κ2) is 7.27. The van der Waals surface area contributed by atoms with Crippen LogP contribution in [0.2, 0.25) is 0 Å². The van der Waals surface area contributed by atoms with Crippen LogP contribution in [0.1, 0.15) is 39.7 Å². The molecule has 0 amide bonds. The highest BCUT2D eigenvalue weighted by molar-refractivity contribution is 5.41. The van der Waals surface area contributed by atoms with E-state index >= 15 is 0 Å². The first-order chi connectivity index (χ1) is 8.58. The predicted octanol–water partition coefficient (Wildman–Crippen LogP) is 3.32. The van der Waals surface area contributed by atoms with E-state index in [9.17, 15) is 5.11 Å². The van der Waals surface area contributed by atoms with Crippen LogP contribution in [0.3, 0.4) is 0 Å². The van der Waals surface area contributed by atoms with E-state index in [4.69, 9.17) is 4.74 Å². The molecule has 0 radical (unpaired) electrons. The Labute approximate surface area is 110 Å². The number of hydrogen-bond acceptors (Lipinski definition) is 3. The highest BCUT2D eigenvalue weighted by atomic mass is 16.5. The Hall–Kier alpha value is -1.22. The highest BCUT2D eigenvalue weighted by Gasteiger charge is 2.10. The molecule has 2 N–H and O–H groups in total. The van der Waals surface area contributed by atoms with Gasteiger partial charge in [0.15, 0.2) is 11.5 Å². The summed E-state index contributed by atoms with van der Waals surface area (Å²) in [6, 6.07) is 6.05. The van der Waals surface area contributed by atoms with Gasteiger partial charge in [-0.3, -0.25) is 0 Å². The van der Waals surface area contributed by atoms with Crippen LogP contribution in [-0.4, -0.2) is 17.8 Å². The summed E-state index contributed by atoms with van der Waals surface area (Å²) >= 11 is 0. The standard InChI is InChI=1S/C15H25NO2/c1-5-13(11(3)4)16-10-12-7-8-14(17)15(9-12)18-6-2/h7-9,11,13,16-17H,5-6,10H2,1-4H3. The van der Waals surface area contributed by atoms with Gasteiger partial charge >= 0.3 is 0 Å². The molecular formula is C15H25NO2. The normalized spacial score (nSPS) is 12.7. The van der Waals surface area contributed by atoms with Crippen molar-refractivity contribution in [1.29, 1.82) is 0 Å². The molecule has 18 heavy (non-hydrogen) atoms. The molecule has 0 aromatic heterocycles. The van der Waals surface area contributed by atoms with Gasteiger partial charge in [-0.1, -0.05) is 26.8 Å². The maximum absolute atomic E-state index is 9.63. The van der Waals surface area contributed by atoms with E-state index in [0.717, 1.165) is 18.5 Å². The van der Waals surface area contributed by atoms with Crippen molar-refractivity contribution in [2.75, 3.05) is 6.61 Å². The molecule has 0 saturated carbocycles. The third kappa shape index (κ3) is 4.22. The van der Waals surface area contributed by atoms with E-state index in [0.29, 0.717) is 24.3 Å². The van der Waals surface area contributed by atoms with E-state index in [2.05, 4.69) is 26.1 Å². The molecule has 0 heterocycles. The van der Waals surface area contributed by atoms with Crippen LogP contribution in [0.15, 0.2) is 18.2 Å². The maximum Gasteiger partial charge on any atom is 0.161 e. The molecule has 0 saturated heterocycles. The molecule has 1 unspecified atom stereocenters. The number of aromatic hydroxyl groups is 1. The number of hydrogen-bond donors (Lipinski definition) is 2. The monoisotopic (exact) mass is 251 g/mol. The molecule has 0 aliphatic carbocycles. The highest BCUT2D eigenvalue weighted by Crippen LogP contribution is 2.26. The van der Waals surface area contributed by atoms with E-state index in [1.165, 1.54) is 0 Å². The van der Waals surface area contributed by atoms with Gasteiger partial charge in [-0.15, -0.1) is 0 Å². The zero-order valence-corrected chi connectivity index (χ0v) is 11.9. The third-order valence-electron chi connectivity index (χ3n) is 3.14. The van der Waals surface area contributed by atoms with Gasteiger partial charge in [0.05, 0.1) is 6.61 Å². The van der Waals surface area contributed by atoms with Crippen LogP contribution < -0.4 is 10.1 Å². The molecule has 0 aliphatic heterocycles. The summed E-state index contributed by atoms with van der Waals surface area (Å²) in [7, 11) is 0. The molecular weight excluding hydrogens is 226 g/mol. The zero-order chi connectivity index (χ0) is 13.5. The van der Waals surface area contributed by atoms with Gasteiger partial charge in [-0.05, 0) is 37.0 Å². The Morgan fingerprint density at radius 3 is 2.56 bits per heavy atom. The van der Waals surface area contributed by atoms with E-state index < -0.39 is 0 Å². The lowest BCUT2D eigenvalue weighted by Crippen LogP contribution is -2.32. The Kier molecular flexibility index (Phi) is 5.99. The van der Waals surface area contributed by atoms with Gasteiger partial charge in [0, 0.05) is 12.6 Å². The van der Waals surface area contributed by atoms with Crippen molar-refractivity contribution in [2.45, 2.75) is 46.7 Å². The van der Waals surface area contributed by atoms with Gasteiger partial charge < -0.3 is 15.2 Å². The first kappa shape index (κ1) is 14.8. The summed E-state index contributed by atoms with van der Waals surface area (Å²) in [5.41, 5.74) is 1.13. The van der Waals surface area contributed by atoms with Crippen LogP contribution in [0, 0.1) is 5.92 Å². The Morgan fingerprint density at radius 1 is 1.28 bits per heavy atom. The van der Waals surface area contributed by atoms with Gasteiger partial charge in [-0.25, -0.2) is 0 Å². The van der Waals surface area contributed by atoms with Crippen LogP contribution >= 0.6 is 0 Å². The minimum Gasteiger partial charge on any atom is -0.504 e. The minimum absolute atomic E-state index is 0.205. The topological polar surface area (TPSA) is 41.5 Å². The van der Waals surface area contributed by atoms with Crippen LogP contribution in [0.5, 0.6) is 11.5 Å². The fraction of sp³-hybridized carbons (Fsp3) is 0.600. The SMILES string of the molecule is CCOc1cc(CNC(CC)C(C)C)ccc1O. The summed E-state index contributed by atoms with van der Waals surface area (Å²) in [6.07, 6.45) is 1.12. The van der Waals surface area contributed by atoms with Crippen molar-refractivity contribution in [3.63, 3.8) is 0 Å². The summed E-state index contributed by atoms with van der Waals surface area (Å²) in [5, 5.41) is 13.2. The number of ether oxygens (including phenoxy) is 1. The molecule has 0 fully saturated rings. The van der Waals surface area contributed by atoms with Crippen molar-refractivity contribution < 1.29 is 9.84 Å². The molecule has 1 rings (SSSR count). The summed E-state index contributed by atoms with van der Waals surface area (Å²) in [4.78, 5) is 0. The van der Waals surface area contributed by atoms with Crippen molar-refractivity contribution in [1.82, 2.24) is 5.32 Å². The fourth-order valence-electron chi connectivity index (χ4n) is 2.04. The number of benzene rings is 1. The second-order valence-electron chi connectivity index (χ2n) is 4.87. The third-order valence-corrected chi connectivity index (χ3v) is 3.14. The molecule has 0 bridgehead atoms. The zero-order valence-electron chi connectivity index (χ0n) is 11.9. The van der Waals surface area contributed by atoms with Crippen LogP contribution in [-0.2, 0) is 6.54 Å². The lowest BCUT2D eigenvalue weighted by molar-refractivity contribution is 0.317. The number of phenolic OH excluding ortho intramolecular Hbond substituents is 1. The summed E-state index contributed by atoms with van der Waals surface area (Å²) in [6.45, 7) is 9.93. The predicted molar refractivity (Wildman–Crippen MR) is 75.0 cm³/mol. The first-order valence-electron chi connectivity index (χ1n) is 6.76. The van der Waals surface area contributed by atoms with Crippen molar-refractivity contribution in [2.24, 2.45) is 5.92 Å². The molecule has 3 nitrogen and oxygen atoms in total. The van der Waals surface area contributed by atoms with E-state index in [-0.39, 0.29) is 5.75 Å². The largest absolute Gasteiger partial charge is 0.504 e. The van der Waals surface area contributed by atoms with Crippen LogP contribution in [0.4, 0.5) is 0 Å². The van der Waals surface area contributed by atoms with Crippen LogP contribution in [0.25, 0.3) is 0 Å². The smallest absolute Gasteiger partial charge is 0.161 e. The molecule has 1 aromatic rings. The first-order valence-corrected chi connectivity index (χ1v) is 6.76. The average Bonchev–Trinajstić information content (AvgIpc) is 2.33. The van der Waals surface area contributed by atoms with E-state index in [1.54, 1.807) is 6.07 Å². The Bertz CT molecular complexity index is 364. The number of nitrogens with one attached hydrogen (secondary N) is 1. The van der Waals surface area contributed by atoms with Crippen molar-refractivity contribution in [3.8, 4) is 11.5 Å². The molecule has 1 aromatic carbocycles. The van der Waals surface area contributed by atoms with Gasteiger partial charge in [0.25, 0.3) is 0 Å². The van der Waals surface area contributed by atoms with Crippen molar-refractivity contribution >= 4 is 0 Å². The lowest BCUT2D eigenvalue weighted by atomic mass is 10.0. The van der Waals surface area contributed by atoms with Crippen molar-refractivity contribution in [3.05, 3.63) is 23.8 Å². The lowest BCUT2D eigenvalue weighted by Gasteiger charge is -2.21. The fourth-order valence-corrected chi connectivity index (χ4v) is 2.04. The summed E-state index contributed by atoms with van der Waals surface area (Å²) in [5.74, 6) is 1.39. The minimum atomic E-state index is 0.205. The molecule has 3 heteroatoms. The van der Waals surface area contributed by atoms with Gasteiger partial charge in [0.1, 0.15) is 0 Å². The molecule has 1 atom stereocenters. The quantitative estimate of drug-likeness (QED) is 0.781. The summed E-state index contributed by atoms with van der Waals surface area (Å²) < 4.78 is 5.38. The molecule has 0 spiro atoms. The molecule has 102 valence electrons. The van der Waals surface area contributed by atoms with E-state index in [1.807, 2.05) is 19.1 Å². The number of phenols is 1. The maximum atomic E-state index is 9.63. The molecule has 0 aliphatic rings. The average molecular weight is 251 g/mol. The second-order valence-corrected chi connectivity index (χ2v) is 4.87. The Balaban J connectivity index is 2.64. The van der Waals surface area contributed by atoms with Gasteiger partial charge in [0.2, 0.25) is 0 Å². The van der Waals surface area contributed by atoms with Gasteiger partial charge in [-0.2, -0.15) is 0 Å². The Morgan fingerprint density at radius 2 is 2.00 bits per heavy atom.